The topological polar surface area (TPSA) is 126 Å². The molecule has 2 amide bonds. The highest BCUT2D eigenvalue weighted by molar-refractivity contribution is 8.03. The lowest BCUT2D eigenvalue weighted by molar-refractivity contribution is -0.301. The minimum Gasteiger partial charge on any atom is -0.543 e. The van der Waals surface area contributed by atoms with Crippen LogP contribution in [0.4, 0.5) is 5.13 Å². The van der Waals surface area contributed by atoms with Crippen LogP contribution < -0.4 is 15.3 Å². The Morgan fingerprint density at radius 2 is 2.06 bits per heavy atom. The Morgan fingerprint density at radius 3 is 2.65 bits per heavy atom. The molecule has 4 heterocycles. The number of carbonyl (C=O) groups excluding carboxylic acids is 3. The molecule has 0 radical (unpaired) electrons. The molecule has 0 spiro atoms. The van der Waals surface area contributed by atoms with Crippen molar-refractivity contribution in [3.63, 3.8) is 0 Å². The number of thioether (sulfide) groups is 1. The zero-order valence-corrected chi connectivity index (χ0v) is 19.2. The summed E-state index contributed by atoms with van der Waals surface area (Å²) in [6.45, 7) is 5.00. The summed E-state index contributed by atoms with van der Waals surface area (Å²) in [6.07, 6.45) is 0.841. The third-order valence-electron chi connectivity index (χ3n) is 6.26. The number of β-lactam (4-membered cyclic amide) rings is 1. The van der Waals surface area contributed by atoms with Gasteiger partial charge in [-0.1, -0.05) is 6.92 Å². The Hall–Kier alpha value is -2.11. The minimum absolute atomic E-state index is 0.0260. The third-order valence-corrected chi connectivity index (χ3v) is 8.78. The van der Waals surface area contributed by atoms with Gasteiger partial charge in [0.05, 0.1) is 29.7 Å². The molecule has 31 heavy (non-hydrogen) atoms. The molecule has 4 rings (SSSR count). The minimum atomic E-state index is -1.34. The van der Waals surface area contributed by atoms with Crippen LogP contribution >= 0.6 is 23.1 Å². The van der Waals surface area contributed by atoms with Crippen LogP contribution in [-0.4, -0.2) is 70.3 Å². The molecule has 11 heteroatoms. The Labute approximate surface area is 188 Å². The lowest BCUT2D eigenvalue weighted by Crippen LogP contribution is -2.64. The maximum atomic E-state index is 12.4. The SMILES string of the molecule is CNC(=O)c1csc(N2CCC(SC3=C(C(=O)[O-])N4C(=O)[C@H]([C@@H](C)O)[C@H]4[C@H]3C)CC2)n1. The summed E-state index contributed by atoms with van der Waals surface area (Å²) >= 11 is 2.96. The van der Waals surface area contributed by atoms with Crippen LogP contribution in [0.3, 0.4) is 0 Å². The fourth-order valence-corrected chi connectivity index (χ4v) is 6.97. The number of thiazole rings is 1. The molecule has 2 saturated heterocycles. The van der Waals surface area contributed by atoms with Crippen LogP contribution in [0.15, 0.2) is 16.0 Å². The second-order valence-corrected chi connectivity index (χ2v) is 10.3. The molecule has 1 aromatic rings. The van der Waals surface area contributed by atoms with Crippen molar-refractivity contribution in [2.24, 2.45) is 11.8 Å². The van der Waals surface area contributed by atoms with Gasteiger partial charge in [-0.3, -0.25) is 9.59 Å². The molecule has 3 aliphatic heterocycles. The molecule has 0 aromatic carbocycles. The van der Waals surface area contributed by atoms with Gasteiger partial charge in [0.25, 0.3) is 5.91 Å². The first-order valence-corrected chi connectivity index (χ1v) is 12.1. The highest BCUT2D eigenvalue weighted by Gasteiger charge is 2.58. The number of fused-ring (bicyclic) bond motifs is 1. The van der Waals surface area contributed by atoms with Crippen LogP contribution in [0.2, 0.25) is 0 Å². The van der Waals surface area contributed by atoms with Crippen LogP contribution in [0.5, 0.6) is 0 Å². The maximum absolute atomic E-state index is 12.4. The monoisotopic (exact) mass is 465 g/mol. The number of aliphatic hydroxyl groups excluding tert-OH is 1. The first-order valence-electron chi connectivity index (χ1n) is 10.3. The van der Waals surface area contributed by atoms with Gasteiger partial charge in [-0.05, 0) is 19.8 Å². The normalized spacial score (nSPS) is 27.2. The summed E-state index contributed by atoms with van der Waals surface area (Å²) in [7, 11) is 1.57. The number of hydrogen-bond acceptors (Lipinski definition) is 9. The molecule has 1 aromatic heterocycles. The Bertz CT molecular complexity index is 938. The zero-order valence-electron chi connectivity index (χ0n) is 17.5. The van der Waals surface area contributed by atoms with Crippen molar-refractivity contribution in [1.29, 1.82) is 0 Å². The number of aromatic nitrogens is 1. The quantitative estimate of drug-likeness (QED) is 0.564. The molecule has 0 saturated carbocycles. The van der Waals surface area contributed by atoms with Gasteiger partial charge < -0.3 is 30.1 Å². The van der Waals surface area contributed by atoms with Crippen LogP contribution in [0.1, 0.15) is 37.2 Å². The molecule has 4 atom stereocenters. The van der Waals surface area contributed by atoms with E-state index in [4.69, 9.17) is 0 Å². The lowest BCUT2D eigenvalue weighted by atomic mass is 9.79. The molecule has 0 unspecified atom stereocenters. The zero-order chi connectivity index (χ0) is 22.4. The molecular weight excluding hydrogens is 440 g/mol. The van der Waals surface area contributed by atoms with Gasteiger partial charge in [-0.15, -0.1) is 23.1 Å². The van der Waals surface area contributed by atoms with E-state index in [2.05, 4.69) is 15.2 Å². The first-order chi connectivity index (χ1) is 14.7. The second kappa shape index (κ2) is 8.44. The molecular formula is C20H25N4O5S2-. The van der Waals surface area contributed by atoms with E-state index in [1.165, 1.54) is 28.0 Å². The number of anilines is 1. The molecule has 168 valence electrons. The van der Waals surface area contributed by atoms with Gasteiger partial charge in [0.2, 0.25) is 5.91 Å². The lowest BCUT2D eigenvalue weighted by Gasteiger charge is -2.47. The molecule has 0 aliphatic carbocycles. The summed E-state index contributed by atoms with van der Waals surface area (Å²) in [5.74, 6) is -2.60. The van der Waals surface area contributed by atoms with E-state index in [0.29, 0.717) is 10.6 Å². The van der Waals surface area contributed by atoms with Gasteiger partial charge >= 0.3 is 0 Å². The standard InChI is InChI=1S/C20H26N4O5S2/c1-9-14-13(10(2)25)18(27)24(14)15(19(28)29)16(9)31-11-4-6-23(7-5-11)20-22-12(8-30-20)17(26)21-3/h8-11,13-14,25H,4-7H2,1-3H3,(H,21,26)(H,28,29)/p-1/t9-,10-,13-,14-/m1/s1. The predicted octanol–water partition coefficient (Wildman–Crippen LogP) is 0.0237. The maximum Gasteiger partial charge on any atom is 0.270 e. The Kier molecular flexibility index (Phi) is 6.01. The van der Waals surface area contributed by atoms with Crippen molar-refractivity contribution >= 4 is 46.0 Å². The number of carboxylic acid groups (broad SMARTS) is 1. The van der Waals surface area contributed by atoms with Crippen molar-refractivity contribution in [1.82, 2.24) is 15.2 Å². The van der Waals surface area contributed by atoms with E-state index >= 15 is 0 Å². The first kappa shape index (κ1) is 22.1. The van der Waals surface area contributed by atoms with Crippen LogP contribution in [-0.2, 0) is 9.59 Å². The molecule has 2 fully saturated rings. The van der Waals surface area contributed by atoms with Gasteiger partial charge in [-0.25, -0.2) is 4.98 Å². The van der Waals surface area contributed by atoms with E-state index < -0.39 is 18.0 Å². The number of aliphatic hydroxyl groups is 1. The summed E-state index contributed by atoms with van der Waals surface area (Å²) in [5, 5.41) is 27.1. The number of amides is 2. The van der Waals surface area contributed by atoms with Crippen LogP contribution in [0, 0.1) is 11.8 Å². The number of nitrogens with one attached hydrogen (secondary N) is 1. The third kappa shape index (κ3) is 3.72. The van der Waals surface area contributed by atoms with Gasteiger partial charge in [0, 0.05) is 41.6 Å². The number of aliphatic carboxylic acids is 1. The van der Waals surface area contributed by atoms with Crippen LogP contribution in [0.25, 0.3) is 0 Å². The number of hydrogen-bond donors (Lipinski definition) is 2. The van der Waals surface area contributed by atoms with E-state index in [-0.39, 0.29) is 34.7 Å². The smallest absolute Gasteiger partial charge is 0.270 e. The average Bonchev–Trinajstić information content (AvgIpc) is 3.31. The van der Waals surface area contributed by atoms with E-state index in [0.717, 1.165) is 31.1 Å². The molecule has 0 bridgehead atoms. The van der Waals surface area contributed by atoms with Crippen molar-refractivity contribution in [2.45, 2.75) is 44.1 Å². The second-order valence-electron chi connectivity index (χ2n) is 8.15. The Morgan fingerprint density at radius 1 is 1.39 bits per heavy atom. The number of nitrogens with zero attached hydrogens (tertiary/aromatic N) is 3. The Balaban J connectivity index is 1.43. The molecule has 3 aliphatic rings. The van der Waals surface area contributed by atoms with E-state index in [1.54, 1.807) is 19.4 Å². The number of piperidine rings is 1. The largest absolute Gasteiger partial charge is 0.543 e. The fourth-order valence-electron chi connectivity index (χ4n) is 4.66. The molecule has 9 nitrogen and oxygen atoms in total. The number of carbonyl (C=O) groups is 3. The summed E-state index contributed by atoms with van der Waals surface area (Å²) in [6, 6.07) is -0.318. The summed E-state index contributed by atoms with van der Waals surface area (Å²) in [4.78, 5) is 44.5. The van der Waals surface area contributed by atoms with Crippen molar-refractivity contribution < 1.29 is 24.6 Å². The summed E-state index contributed by atoms with van der Waals surface area (Å²) < 4.78 is 0. The van der Waals surface area contributed by atoms with Crippen molar-refractivity contribution in [3.05, 3.63) is 21.7 Å². The highest BCUT2D eigenvalue weighted by atomic mass is 32.2. The van der Waals surface area contributed by atoms with Gasteiger partial charge in [0.1, 0.15) is 5.69 Å². The van der Waals surface area contributed by atoms with E-state index in [1.807, 2.05) is 6.92 Å². The van der Waals surface area contributed by atoms with Gasteiger partial charge in [0.15, 0.2) is 5.13 Å². The fraction of sp³-hybridized carbons (Fsp3) is 0.600. The van der Waals surface area contributed by atoms with Crippen molar-refractivity contribution in [3.8, 4) is 0 Å². The van der Waals surface area contributed by atoms with E-state index in [9.17, 15) is 24.6 Å². The number of carboxylic acids is 1. The van der Waals surface area contributed by atoms with Gasteiger partial charge in [-0.2, -0.15) is 0 Å². The number of rotatable bonds is 6. The predicted molar refractivity (Wildman–Crippen MR) is 115 cm³/mol. The van der Waals surface area contributed by atoms with Crippen molar-refractivity contribution in [2.75, 3.05) is 25.0 Å². The highest BCUT2D eigenvalue weighted by Crippen LogP contribution is 2.51. The summed E-state index contributed by atoms with van der Waals surface area (Å²) in [5.41, 5.74) is 0.381. The average molecular weight is 466 g/mol. The molecule has 2 N–H and O–H groups in total.